The third-order valence-corrected chi connectivity index (χ3v) is 9.31. The minimum atomic E-state index is -5.15. The number of anilines is 3. The Labute approximate surface area is 363 Å². The molecular weight excluding hydrogens is 789 g/mol. The van der Waals surface area contributed by atoms with Gasteiger partial charge in [0.05, 0.1) is 21.2 Å². The monoisotopic (exact) mass is 813 g/mol. The zero-order chi connectivity index (χ0) is 38.8. The Hall–Kier alpha value is -4.80. The van der Waals surface area contributed by atoms with Crippen molar-refractivity contribution in [1.82, 2.24) is 0 Å². The van der Waals surface area contributed by atoms with E-state index < -0.39 is 53.2 Å². The van der Waals surface area contributed by atoms with Gasteiger partial charge >= 0.3 is 65.1 Å². The number of fused-ring (bicyclic) bond motifs is 2. The summed E-state index contributed by atoms with van der Waals surface area (Å²) in [4.78, 5) is 22.6. The number of phenols is 2. The van der Waals surface area contributed by atoms with Gasteiger partial charge in [-0.1, -0.05) is 18.2 Å². The molecule has 0 aliphatic carbocycles. The second kappa shape index (κ2) is 18.0. The van der Waals surface area contributed by atoms with Crippen molar-refractivity contribution in [2.45, 2.75) is 16.7 Å². The topological polar surface area (TPSA) is 275 Å². The second-order valence-corrected chi connectivity index (χ2v) is 14.2. The third-order valence-electron chi connectivity index (χ3n) is 7.60. The minimum Gasteiger partial charge on any atom is -0.744 e. The summed E-state index contributed by atoms with van der Waals surface area (Å²) in [6.07, 6.45) is 0. The van der Waals surface area contributed by atoms with Gasteiger partial charge in [-0.2, -0.15) is 10.2 Å². The minimum absolute atomic E-state index is 0. The molecule has 0 bridgehead atoms. The fraction of sp³-hybridized carbons (Fsp3) is 0.0286. The number of hydrogen-bond acceptors (Lipinski definition) is 14. The van der Waals surface area contributed by atoms with Gasteiger partial charge in [-0.3, -0.25) is 4.79 Å². The molecule has 0 fully saturated rings. The summed E-state index contributed by atoms with van der Waals surface area (Å²) in [5.74, 6) is -1.33. The van der Waals surface area contributed by atoms with Crippen LogP contribution in [0, 0.1) is 0 Å². The largest absolute Gasteiger partial charge is 1.00 e. The number of aromatic hydroxyl groups is 2. The summed E-state index contributed by atoms with van der Waals surface area (Å²) in [5, 5.41) is 45.1. The average Bonchev–Trinajstić information content (AvgIpc) is 3.10. The number of nitrogens with zero attached hydrogens (tertiary/aromatic N) is 4. The van der Waals surface area contributed by atoms with E-state index in [-0.39, 0.29) is 109 Å². The summed E-state index contributed by atoms with van der Waals surface area (Å²) in [7, 11) is -10.3. The van der Waals surface area contributed by atoms with Crippen LogP contribution in [0.2, 0.25) is 0 Å². The Bertz CT molecular complexity index is 2770. The summed E-state index contributed by atoms with van der Waals surface area (Å²) in [6, 6.07) is 23.0. The van der Waals surface area contributed by atoms with Gasteiger partial charge in [0.2, 0.25) is 5.91 Å². The number of phenolic OH excluding ortho intramolecular Hbond substituents is 2. The molecule has 0 atom stereocenters. The van der Waals surface area contributed by atoms with Crippen LogP contribution in [0.15, 0.2) is 133 Å². The van der Waals surface area contributed by atoms with Gasteiger partial charge in [-0.25, -0.2) is 21.6 Å². The van der Waals surface area contributed by atoms with E-state index in [2.05, 4.69) is 36.4 Å². The number of urea groups is 1. The molecule has 0 aliphatic heterocycles. The maximum Gasteiger partial charge on any atom is 1.00 e. The molecule has 21 heteroatoms. The predicted octanol–water partition coefficient (Wildman–Crippen LogP) is 1.65. The molecule has 0 saturated heterocycles. The first-order valence-electron chi connectivity index (χ1n) is 15.4. The van der Waals surface area contributed by atoms with Crippen LogP contribution in [0.25, 0.3) is 21.5 Å². The Morgan fingerprint density at radius 1 is 0.589 bits per heavy atom. The van der Waals surface area contributed by atoms with Gasteiger partial charge < -0.3 is 35.3 Å². The van der Waals surface area contributed by atoms with E-state index in [1.807, 2.05) is 0 Å². The average molecular weight is 814 g/mol. The number of benzene rings is 6. The molecule has 0 radical (unpaired) electrons. The van der Waals surface area contributed by atoms with Gasteiger partial charge in [0, 0.05) is 40.8 Å². The number of amides is 3. The normalized spacial score (nSPS) is 11.6. The summed E-state index contributed by atoms with van der Waals surface area (Å²) < 4.78 is 73.0. The number of carbonyl (C=O) groups excluding carboxylic acids is 2. The SMILES string of the molecule is CC(=O)Nc1ccc(N=Nc2cc3c(O)cc(NC(=O)Nc4ccc5c(O)c(N=Nc6ccccc6)c(S(=O)(=O)[O-])cc5c4)cc3cc2S(=O)(=O)[O-])cc1.[Na+].[Na+]. The Morgan fingerprint density at radius 3 is 1.79 bits per heavy atom. The van der Waals surface area contributed by atoms with Gasteiger partial charge in [0.15, 0.2) is 5.75 Å². The number of azo groups is 2. The molecule has 17 nitrogen and oxygen atoms in total. The van der Waals surface area contributed by atoms with E-state index in [9.17, 15) is 45.7 Å². The second-order valence-electron chi connectivity index (χ2n) is 11.5. The van der Waals surface area contributed by atoms with Crippen molar-refractivity contribution in [3.05, 3.63) is 103 Å². The first-order valence-corrected chi connectivity index (χ1v) is 18.2. The number of rotatable bonds is 9. The van der Waals surface area contributed by atoms with Crippen molar-refractivity contribution < 1.29 is 105 Å². The molecule has 6 aromatic carbocycles. The molecule has 5 N–H and O–H groups in total. The molecular formula is C35H25N7Na2O10S2. The molecule has 56 heavy (non-hydrogen) atoms. The summed E-state index contributed by atoms with van der Waals surface area (Å²) >= 11 is 0. The van der Waals surface area contributed by atoms with Gasteiger partial charge in [-0.15, -0.1) is 10.2 Å². The first kappa shape index (κ1) is 43.9. The van der Waals surface area contributed by atoms with Crippen LogP contribution in [0.3, 0.4) is 0 Å². The molecule has 3 amide bonds. The Morgan fingerprint density at radius 2 is 1.14 bits per heavy atom. The van der Waals surface area contributed by atoms with Crippen LogP contribution in [0.1, 0.15) is 6.92 Å². The van der Waals surface area contributed by atoms with Crippen molar-refractivity contribution >= 4 is 93.5 Å². The molecule has 0 aliphatic rings. The van der Waals surface area contributed by atoms with E-state index in [0.717, 1.165) is 24.3 Å². The van der Waals surface area contributed by atoms with Crippen LogP contribution >= 0.6 is 0 Å². The molecule has 0 unspecified atom stereocenters. The van der Waals surface area contributed by atoms with Crippen molar-refractivity contribution in [3.8, 4) is 11.5 Å². The van der Waals surface area contributed by atoms with Gasteiger partial charge in [0.25, 0.3) is 0 Å². The van der Waals surface area contributed by atoms with Crippen molar-refractivity contribution in [1.29, 1.82) is 0 Å². The first-order chi connectivity index (χ1) is 25.5. The molecule has 6 rings (SSSR count). The van der Waals surface area contributed by atoms with Gasteiger partial charge in [0.1, 0.15) is 37.4 Å². The summed E-state index contributed by atoms with van der Waals surface area (Å²) in [6.45, 7) is 1.34. The van der Waals surface area contributed by atoms with Crippen molar-refractivity contribution in [3.63, 3.8) is 0 Å². The van der Waals surface area contributed by atoms with E-state index in [1.165, 1.54) is 55.5 Å². The summed E-state index contributed by atoms with van der Waals surface area (Å²) in [5.41, 5.74) is 0.238. The third kappa shape index (κ3) is 10.5. The van der Waals surface area contributed by atoms with Crippen LogP contribution in [-0.2, 0) is 25.0 Å². The maximum absolute atomic E-state index is 13.0. The standard InChI is InChI=1S/C35H27N7O10S2.2Na/c1-19(43)36-22-7-9-24(10-8-22)39-41-29-18-28-21(15-31(29)53(47,48)49)14-26(17-30(28)44)38-35(46)37-25-11-12-27-20(13-25)16-32(54(50,51)52)33(34(27)45)42-40-23-5-3-2-4-6-23;;/h2-18,44-45H,1H3,(H,36,43)(H2,37,38,46)(H,47,48,49)(H,50,51,52);;/q;2*+1/p-2. The number of nitrogens with one attached hydrogen (secondary N) is 3. The van der Waals surface area contributed by atoms with Crippen molar-refractivity contribution in [2.24, 2.45) is 20.5 Å². The number of hydrogen-bond donors (Lipinski definition) is 5. The molecule has 274 valence electrons. The van der Waals surface area contributed by atoms with Gasteiger partial charge in [-0.05, 0) is 89.6 Å². The fourth-order valence-corrected chi connectivity index (χ4v) is 6.52. The predicted molar refractivity (Wildman–Crippen MR) is 195 cm³/mol. The molecule has 0 saturated carbocycles. The van der Waals surface area contributed by atoms with E-state index in [0.29, 0.717) is 11.4 Å². The van der Waals surface area contributed by atoms with Crippen LogP contribution in [-0.4, -0.2) is 48.1 Å². The number of carbonyl (C=O) groups is 2. The molecule has 0 aromatic heterocycles. The molecule has 0 spiro atoms. The van der Waals surface area contributed by atoms with E-state index >= 15 is 0 Å². The zero-order valence-electron chi connectivity index (χ0n) is 29.6. The van der Waals surface area contributed by atoms with Crippen LogP contribution in [0.5, 0.6) is 11.5 Å². The molecule has 6 aromatic rings. The van der Waals surface area contributed by atoms with E-state index in [1.54, 1.807) is 30.3 Å². The van der Waals surface area contributed by atoms with E-state index in [4.69, 9.17) is 0 Å². The Balaban J connectivity index is 0.00000348. The van der Waals surface area contributed by atoms with Crippen LogP contribution in [0.4, 0.5) is 44.6 Å². The van der Waals surface area contributed by atoms with Crippen molar-refractivity contribution in [2.75, 3.05) is 16.0 Å². The zero-order valence-corrected chi connectivity index (χ0v) is 35.2. The Kier molecular flexibility index (Phi) is 14.1. The maximum atomic E-state index is 13.0. The van der Waals surface area contributed by atoms with Crippen LogP contribution < -0.4 is 75.1 Å². The fourth-order valence-electron chi connectivity index (χ4n) is 5.25. The molecule has 0 heterocycles. The smallest absolute Gasteiger partial charge is 0.744 e. The quantitative estimate of drug-likeness (QED) is 0.0800.